The highest BCUT2D eigenvalue weighted by molar-refractivity contribution is 8.00. The van der Waals surface area contributed by atoms with Crippen molar-refractivity contribution in [2.24, 2.45) is 5.92 Å². The van der Waals surface area contributed by atoms with Crippen molar-refractivity contribution in [2.45, 2.75) is 31.9 Å². The fourth-order valence-electron chi connectivity index (χ4n) is 2.47. The largest absolute Gasteiger partial charge is 0.466 e. The van der Waals surface area contributed by atoms with E-state index in [1.807, 2.05) is 31.2 Å². The molecule has 0 unspecified atom stereocenters. The quantitative estimate of drug-likeness (QED) is 0.617. The highest BCUT2D eigenvalue weighted by Crippen LogP contribution is 2.36. The van der Waals surface area contributed by atoms with Crippen LogP contribution in [0, 0.1) is 12.8 Å². The van der Waals surface area contributed by atoms with Gasteiger partial charge >= 0.3 is 5.97 Å². The first kappa shape index (κ1) is 15.1. The van der Waals surface area contributed by atoms with Crippen molar-refractivity contribution in [1.82, 2.24) is 0 Å². The lowest BCUT2D eigenvalue weighted by atomic mass is 9.90. The van der Waals surface area contributed by atoms with E-state index in [1.165, 1.54) is 0 Å². The van der Waals surface area contributed by atoms with Crippen molar-refractivity contribution in [1.29, 1.82) is 0 Å². The molecule has 1 aliphatic heterocycles. The molecule has 1 aromatic rings. The molecule has 3 nitrogen and oxygen atoms in total. The molecule has 2 rings (SSSR count). The number of carbonyl (C=O) groups excluding carboxylic acids is 2. The Morgan fingerprint density at radius 2 is 2.00 bits per heavy atom. The van der Waals surface area contributed by atoms with Crippen molar-refractivity contribution < 1.29 is 14.3 Å². The van der Waals surface area contributed by atoms with E-state index in [0.717, 1.165) is 23.3 Å². The zero-order valence-corrected chi connectivity index (χ0v) is 12.7. The van der Waals surface area contributed by atoms with Crippen LogP contribution in [-0.4, -0.2) is 29.4 Å². The Labute approximate surface area is 124 Å². The van der Waals surface area contributed by atoms with E-state index in [1.54, 1.807) is 18.7 Å². The van der Waals surface area contributed by atoms with Gasteiger partial charge in [-0.05, 0) is 26.0 Å². The number of ketones is 1. The van der Waals surface area contributed by atoms with Crippen molar-refractivity contribution >= 4 is 23.5 Å². The van der Waals surface area contributed by atoms with Crippen LogP contribution in [0.2, 0.25) is 0 Å². The van der Waals surface area contributed by atoms with Crippen LogP contribution in [-0.2, 0) is 9.53 Å². The fraction of sp³-hybridized carbons (Fsp3) is 0.500. The van der Waals surface area contributed by atoms with E-state index in [4.69, 9.17) is 4.74 Å². The summed E-state index contributed by atoms with van der Waals surface area (Å²) in [4.78, 5) is 24.1. The number of rotatable bonds is 5. The SMILES string of the molecule is CCOC(=O)C[C@@H]1SCC[C@H]1C(=O)c1ccc(C)cc1. The van der Waals surface area contributed by atoms with Crippen molar-refractivity contribution in [3.63, 3.8) is 0 Å². The van der Waals surface area contributed by atoms with Gasteiger partial charge in [-0.15, -0.1) is 0 Å². The molecule has 1 fully saturated rings. The van der Waals surface area contributed by atoms with Gasteiger partial charge in [0.25, 0.3) is 0 Å². The standard InChI is InChI=1S/C16H20O3S/c1-3-19-15(17)10-14-13(8-9-20-14)16(18)12-6-4-11(2)5-7-12/h4-7,13-14H,3,8-10H2,1-2H3/t13-,14+/m1/s1. The number of hydrogen-bond donors (Lipinski definition) is 0. The first-order chi connectivity index (χ1) is 9.61. The van der Waals surface area contributed by atoms with Crippen LogP contribution in [0.4, 0.5) is 0 Å². The number of benzene rings is 1. The molecular weight excluding hydrogens is 272 g/mol. The van der Waals surface area contributed by atoms with E-state index >= 15 is 0 Å². The molecule has 4 heteroatoms. The average Bonchev–Trinajstić information content (AvgIpc) is 2.87. The molecule has 108 valence electrons. The summed E-state index contributed by atoms with van der Waals surface area (Å²) >= 11 is 1.71. The second kappa shape index (κ2) is 6.93. The fourth-order valence-corrected chi connectivity index (χ4v) is 3.90. The van der Waals surface area contributed by atoms with Gasteiger partial charge in [0.1, 0.15) is 0 Å². The molecule has 0 bridgehead atoms. The molecule has 0 radical (unpaired) electrons. The second-order valence-electron chi connectivity index (χ2n) is 5.04. The van der Waals surface area contributed by atoms with Crippen molar-refractivity contribution in [2.75, 3.05) is 12.4 Å². The van der Waals surface area contributed by atoms with Crippen LogP contribution < -0.4 is 0 Å². The number of ether oxygens (including phenoxy) is 1. The molecular formula is C16H20O3S. The maximum Gasteiger partial charge on any atom is 0.306 e. The van der Waals surface area contributed by atoms with Gasteiger partial charge in [0.05, 0.1) is 13.0 Å². The minimum atomic E-state index is -0.200. The monoisotopic (exact) mass is 292 g/mol. The van der Waals surface area contributed by atoms with Gasteiger partial charge in [-0.25, -0.2) is 0 Å². The van der Waals surface area contributed by atoms with Gasteiger partial charge in [0.2, 0.25) is 0 Å². The third-order valence-electron chi connectivity index (χ3n) is 3.56. The lowest BCUT2D eigenvalue weighted by Gasteiger charge is -2.17. The van der Waals surface area contributed by atoms with Crippen LogP contribution in [0.3, 0.4) is 0 Å². The third kappa shape index (κ3) is 3.63. The molecule has 1 aromatic carbocycles. The molecule has 2 atom stereocenters. The lowest BCUT2D eigenvalue weighted by molar-refractivity contribution is -0.143. The average molecular weight is 292 g/mol. The van der Waals surface area contributed by atoms with E-state index < -0.39 is 0 Å². The predicted molar refractivity (Wildman–Crippen MR) is 81.1 cm³/mol. The van der Waals surface area contributed by atoms with Gasteiger partial charge in [-0.3, -0.25) is 9.59 Å². The van der Waals surface area contributed by atoms with Gasteiger partial charge in [0.15, 0.2) is 5.78 Å². The van der Waals surface area contributed by atoms with Crippen LogP contribution in [0.15, 0.2) is 24.3 Å². The Morgan fingerprint density at radius 3 is 2.65 bits per heavy atom. The molecule has 0 amide bonds. The zero-order chi connectivity index (χ0) is 14.5. The minimum Gasteiger partial charge on any atom is -0.466 e. The minimum absolute atomic E-state index is 0.0582. The summed E-state index contributed by atoms with van der Waals surface area (Å²) in [5, 5.41) is 0.0582. The first-order valence-corrected chi connectivity index (χ1v) is 8.04. The number of Topliss-reactive ketones (excluding diaryl/α,β-unsaturated/α-hetero) is 1. The van der Waals surface area contributed by atoms with E-state index in [0.29, 0.717) is 13.0 Å². The molecule has 1 heterocycles. The van der Waals surface area contributed by atoms with Crippen molar-refractivity contribution in [3.8, 4) is 0 Å². The zero-order valence-electron chi connectivity index (χ0n) is 11.9. The number of aryl methyl sites for hydroxylation is 1. The van der Waals surface area contributed by atoms with E-state index in [-0.39, 0.29) is 22.9 Å². The van der Waals surface area contributed by atoms with E-state index in [9.17, 15) is 9.59 Å². The number of esters is 1. The summed E-state index contributed by atoms with van der Waals surface area (Å²) < 4.78 is 4.99. The molecule has 20 heavy (non-hydrogen) atoms. The Hall–Kier alpha value is -1.29. The molecule has 0 aromatic heterocycles. The molecule has 0 N–H and O–H groups in total. The smallest absolute Gasteiger partial charge is 0.306 e. The summed E-state index contributed by atoms with van der Waals surface area (Å²) in [7, 11) is 0. The molecule has 1 aliphatic rings. The summed E-state index contributed by atoms with van der Waals surface area (Å²) in [5.74, 6) is 0.830. The molecule has 0 saturated carbocycles. The maximum atomic E-state index is 12.5. The highest BCUT2D eigenvalue weighted by atomic mass is 32.2. The van der Waals surface area contributed by atoms with Gasteiger partial charge in [-0.2, -0.15) is 11.8 Å². The third-order valence-corrected chi connectivity index (χ3v) is 4.95. The highest BCUT2D eigenvalue weighted by Gasteiger charge is 2.35. The number of carbonyl (C=O) groups is 2. The summed E-state index contributed by atoms with van der Waals surface area (Å²) in [5.41, 5.74) is 1.89. The maximum absolute atomic E-state index is 12.5. The summed E-state index contributed by atoms with van der Waals surface area (Å²) in [6, 6.07) is 7.66. The van der Waals surface area contributed by atoms with Crippen LogP contribution in [0.25, 0.3) is 0 Å². The number of thioether (sulfide) groups is 1. The summed E-state index contributed by atoms with van der Waals surface area (Å²) in [6.45, 7) is 4.20. The molecule has 0 spiro atoms. The van der Waals surface area contributed by atoms with Gasteiger partial charge in [0, 0.05) is 16.7 Å². The topological polar surface area (TPSA) is 43.4 Å². The number of hydrogen-bond acceptors (Lipinski definition) is 4. The van der Waals surface area contributed by atoms with Crippen LogP contribution in [0.5, 0.6) is 0 Å². The summed E-state index contributed by atoms with van der Waals surface area (Å²) in [6.07, 6.45) is 1.18. The first-order valence-electron chi connectivity index (χ1n) is 7.00. The molecule has 0 aliphatic carbocycles. The van der Waals surface area contributed by atoms with Crippen molar-refractivity contribution in [3.05, 3.63) is 35.4 Å². The Morgan fingerprint density at radius 1 is 1.30 bits per heavy atom. The Bertz CT molecular complexity index is 481. The Balaban J connectivity index is 2.04. The van der Waals surface area contributed by atoms with Crippen LogP contribution in [0.1, 0.15) is 35.7 Å². The Kier molecular flexibility index (Phi) is 5.24. The van der Waals surface area contributed by atoms with E-state index in [2.05, 4.69) is 0 Å². The predicted octanol–water partition coefficient (Wildman–Crippen LogP) is 3.25. The molecule has 1 saturated heterocycles. The van der Waals surface area contributed by atoms with Gasteiger partial charge in [-0.1, -0.05) is 29.8 Å². The second-order valence-corrected chi connectivity index (χ2v) is 6.39. The van der Waals surface area contributed by atoms with Crippen LogP contribution >= 0.6 is 11.8 Å². The normalized spacial score (nSPS) is 21.7. The van der Waals surface area contributed by atoms with Gasteiger partial charge < -0.3 is 4.74 Å². The lowest BCUT2D eigenvalue weighted by Crippen LogP contribution is -2.25.